The number of hydrogen-bond donors (Lipinski definition) is 0. The Kier molecular flexibility index (Phi) is 3.63. The predicted octanol–water partition coefficient (Wildman–Crippen LogP) is 3.24. The van der Waals surface area contributed by atoms with Crippen LogP contribution in [0.15, 0.2) is 30.3 Å². The molecule has 1 heteroatoms. The number of benzene rings is 1. The Morgan fingerprint density at radius 2 is 1.79 bits per heavy atom. The SMILES string of the molecule is CCc1ccc(/C(C)=C/C(C)=O)cc1. The molecule has 0 aliphatic rings. The van der Waals surface area contributed by atoms with E-state index < -0.39 is 0 Å². The Hall–Kier alpha value is -1.37. The lowest BCUT2D eigenvalue weighted by atomic mass is 10.0. The fraction of sp³-hybridized carbons (Fsp3) is 0.308. The number of carbonyl (C=O) groups is 1. The Morgan fingerprint density at radius 3 is 2.21 bits per heavy atom. The number of hydrogen-bond acceptors (Lipinski definition) is 1. The molecule has 0 radical (unpaired) electrons. The van der Waals surface area contributed by atoms with Gasteiger partial charge in [-0.2, -0.15) is 0 Å². The number of carbonyl (C=O) groups excluding carboxylic acids is 1. The Labute approximate surface area is 85.5 Å². The minimum atomic E-state index is 0.0991. The van der Waals surface area contributed by atoms with Crippen molar-refractivity contribution in [3.05, 3.63) is 41.5 Å². The summed E-state index contributed by atoms with van der Waals surface area (Å²) in [6, 6.07) is 8.33. The van der Waals surface area contributed by atoms with Gasteiger partial charge >= 0.3 is 0 Å². The molecule has 1 rings (SSSR count). The summed E-state index contributed by atoms with van der Waals surface area (Å²) in [6.45, 7) is 5.67. The first-order valence-electron chi connectivity index (χ1n) is 4.91. The zero-order valence-electron chi connectivity index (χ0n) is 9.00. The van der Waals surface area contributed by atoms with E-state index in [1.165, 1.54) is 5.56 Å². The Bertz CT molecular complexity index is 344. The van der Waals surface area contributed by atoms with Crippen molar-refractivity contribution in [3.63, 3.8) is 0 Å². The summed E-state index contributed by atoms with van der Waals surface area (Å²) in [5.74, 6) is 0.0991. The second-order valence-electron chi connectivity index (χ2n) is 3.49. The van der Waals surface area contributed by atoms with Gasteiger partial charge in [0, 0.05) is 0 Å². The molecule has 0 aliphatic carbocycles. The fourth-order valence-electron chi connectivity index (χ4n) is 1.39. The molecule has 0 N–H and O–H groups in total. The van der Waals surface area contributed by atoms with E-state index in [4.69, 9.17) is 0 Å². The van der Waals surface area contributed by atoms with E-state index in [9.17, 15) is 4.79 Å². The van der Waals surface area contributed by atoms with Crippen molar-refractivity contribution in [2.75, 3.05) is 0 Å². The van der Waals surface area contributed by atoms with Crippen LogP contribution in [0, 0.1) is 0 Å². The summed E-state index contributed by atoms with van der Waals surface area (Å²) in [7, 11) is 0. The van der Waals surface area contributed by atoms with Crippen molar-refractivity contribution >= 4 is 11.4 Å². The molecular weight excluding hydrogens is 172 g/mol. The zero-order chi connectivity index (χ0) is 10.6. The molecule has 0 saturated carbocycles. The van der Waals surface area contributed by atoms with Gasteiger partial charge in [-0.05, 0) is 43.0 Å². The van der Waals surface area contributed by atoms with E-state index in [2.05, 4.69) is 31.2 Å². The maximum Gasteiger partial charge on any atom is 0.152 e. The molecule has 0 heterocycles. The molecule has 0 bridgehead atoms. The van der Waals surface area contributed by atoms with Crippen LogP contribution >= 0.6 is 0 Å². The van der Waals surface area contributed by atoms with E-state index in [1.54, 1.807) is 13.0 Å². The van der Waals surface area contributed by atoms with E-state index in [0.717, 1.165) is 17.6 Å². The summed E-state index contributed by atoms with van der Waals surface area (Å²) >= 11 is 0. The van der Waals surface area contributed by atoms with Crippen LogP contribution in [0.3, 0.4) is 0 Å². The highest BCUT2D eigenvalue weighted by Crippen LogP contribution is 2.14. The molecule has 0 aromatic heterocycles. The summed E-state index contributed by atoms with van der Waals surface area (Å²) in [5.41, 5.74) is 3.47. The van der Waals surface area contributed by atoms with Gasteiger partial charge in [-0.25, -0.2) is 0 Å². The number of aryl methyl sites for hydroxylation is 1. The molecule has 0 saturated heterocycles. The lowest BCUT2D eigenvalue weighted by Crippen LogP contribution is -1.87. The van der Waals surface area contributed by atoms with Gasteiger partial charge in [-0.3, -0.25) is 4.79 Å². The lowest BCUT2D eigenvalue weighted by Gasteiger charge is -2.02. The molecule has 74 valence electrons. The van der Waals surface area contributed by atoms with Gasteiger partial charge < -0.3 is 0 Å². The van der Waals surface area contributed by atoms with Crippen molar-refractivity contribution in [1.29, 1.82) is 0 Å². The van der Waals surface area contributed by atoms with Crippen LogP contribution < -0.4 is 0 Å². The molecule has 0 atom stereocenters. The van der Waals surface area contributed by atoms with E-state index >= 15 is 0 Å². The van der Waals surface area contributed by atoms with Crippen molar-refractivity contribution < 1.29 is 4.79 Å². The average Bonchev–Trinajstić information content (AvgIpc) is 2.17. The maximum atomic E-state index is 10.9. The third kappa shape index (κ3) is 2.84. The Morgan fingerprint density at radius 1 is 1.21 bits per heavy atom. The first-order chi connectivity index (χ1) is 6.63. The van der Waals surface area contributed by atoms with E-state index in [1.807, 2.05) is 6.92 Å². The van der Waals surface area contributed by atoms with Gasteiger partial charge in [0.15, 0.2) is 5.78 Å². The summed E-state index contributed by atoms with van der Waals surface area (Å²) in [4.78, 5) is 10.9. The topological polar surface area (TPSA) is 17.1 Å². The summed E-state index contributed by atoms with van der Waals surface area (Å²) in [5, 5.41) is 0. The predicted molar refractivity (Wildman–Crippen MR) is 60.2 cm³/mol. The molecule has 0 spiro atoms. The molecule has 0 fully saturated rings. The van der Waals surface area contributed by atoms with Crippen molar-refractivity contribution in [3.8, 4) is 0 Å². The van der Waals surface area contributed by atoms with Crippen LogP contribution in [-0.2, 0) is 11.2 Å². The molecule has 0 aliphatic heterocycles. The molecule has 14 heavy (non-hydrogen) atoms. The van der Waals surface area contributed by atoms with Crippen LogP contribution in [0.2, 0.25) is 0 Å². The van der Waals surface area contributed by atoms with E-state index in [-0.39, 0.29) is 5.78 Å². The van der Waals surface area contributed by atoms with Gasteiger partial charge in [0.25, 0.3) is 0 Å². The average molecular weight is 188 g/mol. The molecule has 1 aromatic carbocycles. The van der Waals surface area contributed by atoms with Crippen LogP contribution in [0.1, 0.15) is 31.9 Å². The number of allylic oxidation sites excluding steroid dienone is 2. The van der Waals surface area contributed by atoms with Gasteiger partial charge in [-0.15, -0.1) is 0 Å². The highest BCUT2D eigenvalue weighted by molar-refractivity contribution is 5.94. The fourth-order valence-corrected chi connectivity index (χ4v) is 1.39. The van der Waals surface area contributed by atoms with Crippen molar-refractivity contribution in [2.45, 2.75) is 27.2 Å². The smallest absolute Gasteiger partial charge is 0.152 e. The largest absolute Gasteiger partial charge is 0.295 e. The molecule has 0 unspecified atom stereocenters. The van der Waals surface area contributed by atoms with Crippen LogP contribution in [0.5, 0.6) is 0 Å². The van der Waals surface area contributed by atoms with Gasteiger partial charge in [0.1, 0.15) is 0 Å². The first kappa shape index (κ1) is 10.7. The third-order valence-electron chi connectivity index (χ3n) is 2.24. The maximum absolute atomic E-state index is 10.9. The standard InChI is InChI=1S/C13H16O/c1-4-12-5-7-13(8-6-12)10(2)9-11(3)14/h5-9H,4H2,1-3H3/b10-9+. The lowest BCUT2D eigenvalue weighted by molar-refractivity contribution is -0.112. The number of rotatable bonds is 3. The van der Waals surface area contributed by atoms with Gasteiger partial charge in [0.05, 0.1) is 0 Å². The van der Waals surface area contributed by atoms with Crippen molar-refractivity contribution in [1.82, 2.24) is 0 Å². The molecule has 0 amide bonds. The van der Waals surface area contributed by atoms with Crippen LogP contribution in [-0.4, -0.2) is 5.78 Å². The first-order valence-corrected chi connectivity index (χ1v) is 4.91. The second-order valence-corrected chi connectivity index (χ2v) is 3.49. The monoisotopic (exact) mass is 188 g/mol. The quantitative estimate of drug-likeness (QED) is 0.665. The van der Waals surface area contributed by atoms with Gasteiger partial charge in [-0.1, -0.05) is 31.2 Å². The molecule has 1 nitrogen and oxygen atoms in total. The van der Waals surface area contributed by atoms with E-state index in [0.29, 0.717) is 0 Å². The number of ketones is 1. The Balaban J connectivity index is 2.92. The third-order valence-corrected chi connectivity index (χ3v) is 2.24. The van der Waals surface area contributed by atoms with Crippen LogP contribution in [0.25, 0.3) is 5.57 Å². The normalized spacial score (nSPS) is 11.5. The second kappa shape index (κ2) is 4.75. The van der Waals surface area contributed by atoms with Crippen molar-refractivity contribution in [2.24, 2.45) is 0 Å². The molecular formula is C13H16O. The molecule has 1 aromatic rings. The summed E-state index contributed by atoms with van der Waals surface area (Å²) < 4.78 is 0. The highest BCUT2D eigenvalue weighted by Gasteiger charge is 1.96. The zero-order valence-corrected chi connectivity index (χ0v) is 9.00. The van der Waals surface area contributed by atoms with Gasteiger partial charge in [0.2, 0.25) is 0 Å². The summed E-state index contributed by atoms with van der Waals surface area (Å²) in [6.07, 6.45) is 2.72. The highest BCUT2D eigenvalue weighted by atomic mass is 16.1. The minimum Gasteiger partial charge on any atom is -0.295 e. The minimum absolute atomic E-state index is 0.0991. The van der Waals surface area contributed by atoms with Crippen LogP contribution in [0.4, 0.5) is 0 Å².